The zero-order valence-electron chi connectivity index (χ0n) is 4.39. The summed E-state index contributed by atoms with van der Waals surface area (Å²) in [5.41, 5.74) is 0.421. The van der Waals surface area contributed by atoms with E-state index >= 15 is 0 Å². The van der Waals surface area contributed by atoms with Crippen molar-refractivity contribution in [3.8, 4) is 0 Å². The number of carbonyl (C=O) groups is 1. The van der Waals surface area contributed by atoms with E-state index in [1.54, 1.807) is 0 Å². The average Bonchev–Trinajstić information content (AvgIpc) is 2.37. The highest BCUT2D eigenvalue weighted by Gasteiger charge is 2.02. The molecule has 1 rings (SSSR count). The number of aromatic amines is 1. The Morgan fingerprint density at radius 2 is 2.67 bits per heavy atom. The van der Waals surface area contributed by atoms with Crippen molar-refractivity contribution in [2.24, 2.45) is 0 Å². The highest BCUT2D eigenvalue weighted by atomic mass is 35.5. The molecule has 0 bridgehead atoms. The third-order valence-corrected chi connectivity index (χ3v) is 1.02. The first kappa shape index (κ1) is 6.10. The van der Waals surface area contributed by atoms with Crippen molar-refractivity contribution in [2.45, 2.75) is 0 Å². The Morgan fingerprint density at radius 3 is 3.11 bits per heavy atom. The summed E-state index contributed by atoms with van der Waals surface area (Å²) in [6.45, 7) is 0. The molecular formula is C4H4ClN3O. The summed E-state index contributed by atoms with van der Waals surface area (Å²) < 4.78 is 0. The van der Waals surface area contributed by atoms with Crippen LogP contribution in [0.3, 0.4) is 0 Å². The van der Waals surface area contributed by atoms with E-state index in [1.165, 1.54) is 12.4 Å². The number of rotatable bonds is 1. The Morgan fingerprint density at radius 1 is 1.89 bits per heavy atom. The topological polar surface area (TPSA) is 57.8 Å². The SMILES string of the molecule is O=C(NCl)c1cn[nH]c1. The number of hydrogen-bond acceptors (Lipinski definition) is 2. The number of nitrogens with one attached hydrogen (secondary N) is 2. The molecule has 0 atom stereocenters. The smallest absolute Gasteiger partial charge is 0.268 e. The van der Waals surface area contributed by atoms with Gasteiger partial charge >= 0.3 is 0 Å². The molecule has 0 aromatic carbocycles. The minimum Gasteiger partial charge on any atom is -0.285 e. The second-order valence-electron chi connectivity index (χ2n) is 1.41. The van der Waals surface area contributed by atoms with Gasteiger partial charge in [-0.3, -0.25) is 14.7 Å². The Balaban J connectivity index is 2.77. The van der Waals surface area contributed by atoms with Crippen LogP contribution in [0.1, 0.15) is 10.4 Å². The molecule has 1 aromatic rings. The van der Waals surface area contributed by atoms with Crippen LogP contribution in [-0.4, -0.2) is 16.1 Å². The van der Waals surface area contributed by atoms with Crippen LogP contribution < -0.4 is 4.84 Å². The number of amides is 1. The first-order chi connectivity index (χ1) is 4.34. The number of H-pyrrole nitrogens is 1. The molecule has 0 aliphatic heterocycles. The van der Waals surface area contributed by atoms with Crippen molar-refractivity contribution < 1.29 is 4.79 Å². The third kappa shape index (κ3) is 1.20. The molecule has 0 spiro atoms. The minimum absolute atomic E-state index is 0.356. The first-order valence-electron chi connectivity index (χ1n) is 2.24. The van der Waals surface area contributed by atoms with Gasteiger partial charge in [0.25, 0.3) is 5.91 Å². The van der Waals surface area contributed by atoms with Gasteiger partial charge in [0.1, 0.15) is 0 Å². The summed E-state index contributed by atoms with van der Waals surface area (Å²) in [6.07, 6.45) is 2.84. The van der Waals surface area contributed by atoms with Crippen molar-refractivity contribution in [3.63, 3.8) is 0 Å². The molecule has 0 aliphatic carbocycles. The lowest BCUT2D eigenvalue weighted by Crippen LogP contribution is -2.10. The van der Waals surface area contributed by atoms with Crippen molar-refractivity contribution in [1.82, 2.24) is 15.0 Å². The molecule has 0 fully saturated rings. The lowest BCUT2D eigenvalue weighted by atomic mass is 10.4. The van der Waals surface area contributed by atoms with Crippen LogP contribution in [0.25, 0.3) is 0 Å². The van der Waals surface area contributed by atoms with Gasteiger partial charge in [-0.2, -0.15) is 5.10 Å². The molecule has 4 nitrogen and oxygen atoms in total. The standard InChI is InChI=1S/C4H4ClN3O/c5-8-4(9)3-1-6-7-2-3/h1-2H,(H,6,7)(H,8,9). The van der Waals surface area contributed by atoms with Crippen molar-refractivity contribution in [3.05, 3.63) is 18.0 Å². The summed E-state index contributed by atoms with van der Waals surface area (Å²) in [4.78, 5) is 12.5. The Kier molecular flexibility index (Phi) is 1.69. The second-order valence-corrected chi connectivity index (χ2v) is 1.60. The molecule has 0 saturated carbocycles. The first-order valence-corrected chi connectivity index (χ1v) is 2.62. The van der Waals surface area contributed by atoms with Gasteiger partial charge in [0.15, 0.2) is 0 Å². The summed E-state index contributed by atoms with van der Waals surface area (Å²) in [5, 5.41) is 6.02. The van der Waals surface area contributed by atoms with E-state index in [2.05, 4.69) is 10.2 Å². The molecule has 0 aliphatic rings. The van der Waals surface area contributed by atoms with E-state index in [9.17, 15) is 4.79 Å². The normalized spacial score (nSPS) is 9.00. The molecule has 9 heavy (non-hydrogen) atoms. The zero-order valence-corrected chi connectivity index (χ0v) is 5.14. The summed E-state index contributed by atoms with van der Waals surface area (Å²) in [7, 11) is 0. The monoisotopic (exact) mass is 145 g/mol. The van der Waals surface area contributed by atoms with Gasteiger partial charge < -0.3 is 0 Å². The molecule has 0 saturated heterocycles. The highest BCUT2D eigenvalue weighted by molar-refractivity contribution is 6.24. The molecule has 0 unspecified atom stereocenters. The van der Waals surface area contributed by atoms with E-state index in [4.69, 9.17) is 11.8 Å². The number of nitrogens with zero attached hydrogens (tertiary/aromatic N) is 1. The lowest BCUT2D eigenvalue weighted by Gasteiger charge is -1.86. The zero-order chi connectivity index (χ0) is 6.69. The van der Waals surface area contributed by atoms with Crippen LogP contribution in [0.2, 0.25) is 0 Å². The van der Waals surface area contributed by atoms with E-state index in [1.807, 2.05) is 4.84 Å². The largest absolute Gasteiger partial charge is 0.285 e. The maximum atomic E-state index is 10.6. The number of hydrogen-bond donors (Lipinski definition) is 2. The van der Waals surface area contributed by atoms with Gasteiger partial charge in [0.05, 0.1) is 11.8 Å². The van der Waals surface area contributed by atoms with Crippen LogP contribution in [0.15, 0.2) is 12.4 Å². The van der Waals surface area contributed by atoms with E-state index < -0.39 is 0 Å². The van der Waals surface area contributed by atoms with Crippen LogP contribution >= 0.6 is 11.8 Å². The summed E-state index contributed by atoms with van der Waals surface area (Å²) >= 11 is 5.00. The fourth-order valence-corrected chi connectivity index (χ4v) is 0.539. The van der Waals surface area contributed by atoms with E-state index in [-0.39, 0.29) is 5.91 Å². The van der Waals surface area contributed by atoms with Gasteiger partial charge in [-0.15, -0.1) is 0 Å². The quantitative estimate of drug-likeness (QED) is 0.559. The molecular weight excluding hydrogens is 142 g/mol. The molecule has 48 valence electrons. The average molecular weight is 146 g/mol. The fraction of sp³-hybridized carbons (Fsp3) is 0. The van der Waals surface area contributed by atoms with Gasteiger partial charge in [0.2, 0.25) is 0 Å². The van der Waals surface area contributed by atoms with E-state index in [0.29, 0.717) is 5.56 Å². The van der Waals surface area contributed by atoms with Gasteiger partial charge in [-0.05, 0) is 0 Å². The van der Waals surface area contributed by atoms with Gasteiger partial charge in [-0.25, -0.2) is 0 Å². The second kappa shape index (κ2) is 2.50. The van der Waals surface area contributed by atoms with E-state index in [0.717, 1.165) is 0 Å². The van der Waals surface area contributed by atoms with Crippen LogP contribution in [0.4, 0.5) is 0 Å². The van der Waals surface area contributed by atoms with Crippen molar-refractivity contribution >= 4 is 17.7 Å². The maximum Gasteiger partial charge on any atom is 0.268 e. The van der Waals surface area contributed by atoms with Crippen molar-refractivity contribution in [1.29, 1.82) is 0 Å². The number of halogens is 1. The Hall–Kier alpha value is -1.03. The predicted octanol–water partition coefficient (Wildman–Crippen LogP) is 0.293. The Labute approximate surface area is 56.3 Å². The maximum absolute atomic E-state index is 10.6. The fourth-order valence-electron chi connectivity index (χ4n) is 0.430. The molecule has 1 amide bonds. The summed E-state index contributed by atoms with van der Waals surface area (Å²) in [5.74, 6) is -0.356. The van der Waals surface area contributed by atoms with Crippen molar-refractivity contribution in [2.75, 3.05) is 0 Å². The van der Waals surface area contributed by atoms with Gasteiger partial charge in [0, 0.05) is 18.0 Å². The van der Waals surface area contributed by atoms with Crippen LogP contribution in [-0.2, 0) is 0 Å². The molecule has 0 radical (unpaired) electrons. The molecule has 5 heteroatoms. The summed E-state index contributed by atoms with van der Waals surface area (Å²) in [6, 6.07) is 0. The lowest BCUT2D eigenvalue weighted by molar-refractivity contribution is 0.0982. The molecule has 2 N–H and O–H groups in total. The highest BCUT2D eigenvalue weighted by Crippen LogP contribution is 1.92. The third-order valence-electron chi connectivity index (χ3n) is 0.846. The van der Waals surface area contributed by atoms with Gasteiger partial charge in [-0.1, -0.05) is 0 Å². The molecule has 1 heterocycles. The number of carbonyl (C=O) groups excluding carboxylic acids is 1. The Bertz CT molecular complexity index is 196. The minimum atomic E-state index is -0.356. The number of aromatic nitrogens is 2. The molecule has 1 aromatic heterocycles. The predicted molar refractivity (Wildman–Crippen MR) is 31.9 cm³/mol. The van der Waals surface area contributed by atoms with Crippen LogP contribution in [0, 0.1) is 0 Å². The van der Waals surface area contributed by atoms with Crippen LogP contribution in [0.5, 0.6) is 0 Å².